The Morgan fingerprint density at radius 2 is 2.00 bits per heavy atom. The quantitative estimate of drug-likeness (QED) is 0.534. The van der Waals surface area contributed by atoms with Crippen LogP contribution in [0.3, 0.4) is 0 Å². The van der Waals surface area contributed by atoms with Crippen LogP contribution >= 0.6 is 38.1 Å². The van der Waals surface area contributed by atoms with E-state index in [1.54, 1.807) is 0 Å². The summed E-state index contributed by atoms with van der Waals surface area (Å²) in [6.07, 6.45) is 0. The molecule has 0 saturated heterocycles. The zero-order valence-electron chi connectivity index (χ0n) is 4.94. The molecule has 4 heteroatoms. The van der Waals surface area contributed by atoms with Gasteiger partial charge in [0.1, 0.15) is 0 Å². The molecule has 0 aromatic heterocycles. The van der Waals surface area contributed by atoms with Crippen molar-refractivity contribution in [3.8, 4) is 0 Å². The van der Waals surface area contributed by atoms with Gasteiger partial charge in [0.2, 0.25) is 0 Å². The van der Waals surface area contributed by atoms with Gasteiger partial charge in [0.05, 0.1) is 0 Å². The summed E-state index contributed by atoms with van der Waals surface area (Å²) in [5, 5.41) is 1.02. The molecule has 0 N–H and O–H groups in total. The highest BCUT2D eigenvalue weighted by Gasteiger charge is 2.06. The van der Waals surface area contributed by atoms with Crippen molar-refractivity contribution < 1.29 is 0 Å². The van der Waals surface area contributed by atoms with Crippen LogP contribution in [0.5, 0.6) is 0 Å². The minimum Gasteiger partial charge on any atom is -0.140 e. The predicted molar refractivity (Wildman–Crippen MR) is 51.2 cm³/mol. The van der Waals surface area contributed by atoms with E-state index in [1.165, 1.54) is 0 Å². The third-order valence-corrected chi connectivity index (χ3v) is 3.59. The Labute approximate surface area is 79.3 Å². The lowest BCUT2D eigenvalue weighted by Crippen LogP contribution is -2.16. The molecule has 0 amide bonds. The highest BCUT2D eigenvalue weighted by molar-refractivity contribution is 9.10. The summed E-state index contributed by atoms with van der Waals surface area (Å²) in [4.78, 5) is 0. The molecule has 0 fully saturated rings. The van der Waals surface area contributed by atoms with Crippen molar-refractivity contribution in [2.45, 2.75) is 0 Å². The summed E-state index contributed by atoms with van der Waals surface area (Å²) in [7, 11) is -1.32. The van der Waals surface area contributed by atoms with Crippen LogP contribution in [0.15, 0.2) is 28.7 Å². The maximum absolute atomic E-state index is 5.72. The zero-order chi connectivity index (χ0) is 7.56. The van der Waals surface area contributed by atoms with Crippen molar-refractivity contribution in [1.29, 1.82) is 0 Å². The first-order valence-corrected chi connectivity index (χ1v) is 6.96. The summed E-state index contributed by atoms with van der Waals surface area (Å²) in [5.41, 5.74) is 0. The van der Waals surface area contributed by atoms with Crippen molar-refractivity contribution in [3.05, 3.63) is 28.7 Å². The number of benzene rings is 1. The van der Waals surface area contributed by atoms with Gasteiger partial charge in [-0.2, -0.15) is 0 Å². The Kier molecular flexibility index (Phi) is 3.23. The molecule has 1 radical (unpaired) electrons. The van der Waals surface area contributed by atoms with E-state index in [4.69, 9.17) is 22.2 Å². The lowest BCUT2D eigenvalue weighted by molar-refractivity contribution is 1.70. The van der Waals surface area contributed by atoms with E-state index in [1.807, 2.05) is 24.3 Å². The van der Waals surface area contributed by atoms with E-state index in [0.29, 0.717) is 0 Å². The second-order valence-electron chi connectivity index (χ2n) is 1.77. The average molecular weight is 255 g/mol. The fourth-order valence-corrected chi connectivity index (χ4v) is 2.41. The Bertz CT molecular complexity index is 227. The topological polar surface area (TPSA) is 0 Å². The van der Waals surface area contributed by atoms with E-state index >= 15 is 0 Å². The van der Waals surface area contributed by atoms with Crippen LogP contribution in [0.1, 0.15) is 0 Å². The maximum atomic E-state index is 5.72. The zero-order valence-corrected chi connectivity index (χ0v) is 9.04. The Morgan fingerprint density at radius 3 is 2.40 bits per heavy atom. The van der Waals surface area contributed by atoms with Crippen molar-refractivity contribution in [2.75, 3.05) is 0 Å². The molecule has 0 saturated carbocycles. The highest BCUT2D eigenvalue weighted by Crippen LogP contribution is 2.07. The third kappa shape index (κ3) is 2.27. The van der Waals surface area contributed by atoms with E-state index in [0.717, 1.165) is 9.66 Å². The predicted octanol–water partition coefficient (Wildman–Crippen LogP) is 2.62. The summed E-state index contributed by atoms with van der Waals surface area (Å²) in [6.45, 7) is 0. The fraction of sp³-hybridized carbons (Fsp3) is 0. The van der Waals surface area contributed by atoms with Crippen LogP contribution in [0, 0.1) is 0 Å². The molecule has 1 aromatic carbocycles. The van der Waals surface area contributed by atoms with Crippen LogP contribution in [-0.4, -0.2) is 7.42 Å². The molecular formula is C6H4BrCl2Si. The highest BCUT2D eigenvalue weighted by atomic mass is 79.9. The van der Waals surface area contributed by atoms with E-state index in [2.05, 4.69) is 15.9 Å². The van der Waals surface area contributed by atoms with Gasteiger partial charge < -0.3 is 0 Å². The van der Waals surface area contributed by atoms with Gasteiger partial charge in [0, 0.05) is 4.47 Å². The minimum atomic E-state index is -1.32. The fourth-order valence-electron chi connectivity index (χ4n) is 0.606. The van der Waals surface area contributed by atoms with Crippen molar-refractivity contribution >= 4 is 50.7 Å². The van der Waals surface area contributed by atoms with E-state index < -0.39 is 7.42 Å². The van der Waals surface area contributed by atoms with Gasteiger partial charge in [-0.05, 0) is 17.3 Å². The molecule has 10 heavy (non-hydrogen) atoms. The summed E-state index contributed by atoms with van der Waals surface area (Å²) in [6, 6.07) is 7.74. The van der Waals surface area contributed by atoms with Crippen LogP contribution in [0.2, 0.25) is 0 Å². The molecule has 0 aliphatic heterocycles. The molecule has 0 aliphatic rings. The molecule has 0 aliphatic carbocycles. The molecule has 0 atom stereocenters. The van der Waals surface area contributed by atoms with Crippen molar-refractivity contribution in [3.63, 3.8) is 0 Å². The van der Waals surface area contributed by atoms with Crippen LogP contribution in [-0.2, 0) is 0 Å². The average Bonchev–Trinajstić information content (AvgIpc) is 1.88. The molecule has 1 rings (SSSR count). The van der Waals surface area contributed by atoms with Crippen molar-refractivity contribution in [1.82, 2.24) is 0 Å². The third-order valence-electron chi connectivity index (χ3n) is 1.04. The van der Waals surface area contributed by atoms with Gasteiger partial charge in [0.25, 0.3) is 0 Å². The molecule has 0 bridgehead atoms. The smallest absolute Gasteiger partial charge is 0.140 e. The van der Waals surface area contributed by atoms with Gasteiger partial charge in [-0.15, -0.1) is 22.2 Å². The molecule has 1 aromatic rings. The molecule has 0 heterocycles. The van der Waals surface area contributed by atoms with Gasteiger partial charge >= 0.3 is 7.42 Å². The lowest BCUT2D eigenvalue weighted by Gasteiger charge is -1.97. The van der Waals surface area contributed by atoms with E-state index in [-0.39, 0.29) is 0 Å². The van der Waals surface area contributed by atoms with Crippen LogP contribution < -0.4 is 5.19 Å². The van der Waals surface area contributed by atoms with Gasteiger partial charge in [-0.1, -0.05) is 28.1 Å². The van der Waals surface area contributed by atoms with Crippen molar-refractivity contribution in [2.24, 2.45) is 0 Å². The van der Waals surface area contributed by atoms with Gasteiger partial charge in [-0.25, -0.2) is 0 Å². The first kappa shape index (κ1) is 8.59. The Balaban J connectivity index is 2.96. The molecule has 0 nitrogen and oxygen atoms in total. The monoisotopic (exact) mass is 253 g/mol. The number of rotatable bonds is 1. The van der Waals surface area contributed by atoms with Crippen LogP contribution in [0.4, 0.5) is 0 Å². The molecule has 0 spiro atoms. The Hall–Kier alpha value is 0.497. The molecule has 0 unspecified atom stereocenters. The standard InChI is InChI=1S/C6H4BrCl2Si/c7-5-2-1-3-6(4-5)10(8)9/h1-4H. The second kappa shape index (κ2) is 3.76. The number of halogens is 3. The van der Waals surface area contributed by atoms with Crippen LogP contribution in [0.25, 0.3) is 0 Å². The second-order valence-corrected chi connectivity index (χ2v) is 6.63. The summed E-state index contributed by atoms with van der Waals surface area (Å²) < 4.78 is 1.02. The normalized spacial score (nSPS) is 10.4. The first-order valence-electron chi connectivity index (χ1n) is 2.64. The summed E-state index contributed by atoms with van der Waals surface area (Å²) >= 11 is 14.8. The van der Waals surface area contributed by atoms with Gasteiger partial charge in [-0.3, -0.25) is 0 Å². The van der Waals surface area contributed by atoms with Gasteiger partial charge in [0.15, 0.2) is 0 Å². The lowest BCUT2D eigenvalue weighted by atomic mass is 10.4. The minimum absolute atomic E-state index is 1.02. The maximum Gasteiger partial charge on any atom is 0.307 e. The first-order chi connectivity index (χ1) is 4.70. The number of hydrogen-bond acceptors (Lipinski definition) is 0. The SMILES string of the molecule is Cl[Si](Cl)c1cccc(Br)c1. The van der Waals surface area contributed by atoms with E-state index in [9.17, 15) is 0 Å². The largest absolute Gasteiger partial charge is 0.307 e. The molecule has 53 valence electrons. The molecular weight excluding hydrogens is 251 g/mol. The summed E-state index contributed by atoms with van der Waals surface area (Å²) in [5.74, 6) is 0. The Morgan fingerprint density at radius 1 is 1.30 bits per heavy atom. The number of hydrogen-bond donors (Lipinski definition) is 0.